The summed E-state index contributed by atoms with van der Waals surface area (Å²) in [4.78, 5) is 11.2. The molecular weight excluding hydrogens is 248 g/mol. The number of hydrogen-bond acceptors (Lipinski definition) is 3. The number of imidazole rings is 1. The largest absolute Gasteiger partial charge is 0.345 e. The van der Waals surface area contributed by atoms with Gasteiger partial charge in [0.1, 0.15) is 0 Å². The summed E-state index contributed by atoms with van der Waals surface area (Å²) in [5, 5.41) is 0. The number of rotatable bonds is 4. The van der Waals surface area contributed by atoms with E-state index in [9.17, 15) is 0 Å². The fourth-order valence-electron chi connectivity index (χ4n) is 2.40. The quantitative estimate of drug-likeness (QED) is 0.728. The Hall–Kier alpha value is -2.36. The van der Waals surface area contributed by atoms with Crippen LogP contribution in [0, 0.1) is 0 Å². The number of aromatic nitrogens is 3. The number of nitrogens with zero attached hydrogens (tertiary/aromatic N) is 4. The molecule has 0 N–H and O–H groups in total. The molecule has 0 aliphatic carbocycles. The van der Waals surface area contributed by atoms with Crippen molar-refractivity contribution in [3.05, 3.63) is 54.4 Å². The van der Waals surface area contributed by atoms with Crippen molar-refractivity contribution < 1.29 is 0 Å². The Labute approximate surface area is 118 Å². The third kappa shape index (κ3) is 2.37. The Kier molecular flexibility index (Phi) is 3.37. The van der Waals surface area contributed by atoms with Crippen LogP contribution in [-0.4, -0.2) is 28.1 Å². The average molecular weight is 266 g/mol. The molecule has 2 heterocycles. The van der Waals surface area contributed by atoms with Crippen LogP contribution in [0.2, 0.25) is 0 Å². The highest BCUT2D eigenvalue weighted by Gasteiger charge is 2.11. The van der Waals surface area contributed by atoms with Gasteiger partial charge in [-0.15, -0.1) is 0 Å². The third-order valence-electron chi connectivity index (χ3n) is 3.53. The van der Waals surface area contributed by atoms with Crippen LogP contribution >= 0.6 is 0 Å². The maximum atomic E-state index is 4.69. The monoisotopic (exact) mass is 266 g/mol. The van der Waals surface area contributed by atoms with Crippen LogP contribution in [0.1, 0.15) is 5.69 Å². The Morgan fingerprint density at radius 2 is 1.90 bits per heavy atom. The molecule has 3 rings (SSSR count). The Morgan fingerprint density at radius 3 is 2.65 bits per heavy atom. The summed E-state index contributed by atoms with van der Waals surface area (Å²) in [7, 11) is 4.13. The van der Waals surface area contributed by atoms with Gasteiger partial charge >= 0.3 is 0 Å². The molecule has 4 nitrogen and oxygen atoms in total. The van der Waals surface area contributed by atoms with Crippen LogP contribution in [0.3, 0.4) is 0 Å². The molecule has 0 bridgehead atoms. The number of para-hydroxylation sites is 2. The molecule has 3 aromatic rings. The van der Waals surface area contributed by atoms with E-state index < -0.39 is 0 Å². The van der Waals surface area contributed by atoms with E-state index >= 15 is 0 Å². The summed E-state index contributed by atoms with van der Waals surface area (Å²) in [5.74, 6) is 0.988. The van der Waals surface area contributed by atoms with Crippen LogP contribution in [0.5, 0.6) is 0 Å². The van der Waals surface area contributed by atoms with Crippen molar-refractivity contribution in [3.63, 3.8) is 0 Å². The van der Waals surface area contributed by atoms with E-state index in [2.05, 4.69) is 40.7 Å². The molecule has 102 valence electrons. The third-order valence-corrected chi connectivity index (χ3v) is 3.53. The highest BCUT2D eigenvalue weighted by molar-refractivity contribution is 5.78. The second kappa shape index (κ2) is 5.33. The van der Waals surface area contributed by atoms with Crippen molar-refractivity contribution in [1.29, 1.82) is 0 Å². The fourth-order valence-corrected chi connectivity index (χ4v) is 2.40. The summed E-state index contributed by atoms with van der Waals surface area (Å²) in [6.07, 6.45) is 2.75. The molecule has 0 unspecified atom stereocenters. The van der Waals surface area contributed by atoms with Crippen LogP contribution in [0.25, 0.3) is 11.0 Å². The lowest BCUT2D eigenvalue weighted by Gasteiger charge is -2.17. The van der Waals surface area contributed by atoms with Crippen molar-refractivity contribution >= 4 is 17.0 Å². The van der Waals surface area contributed by atoms with Crippen LogP contribution in [0.15, 0.2) is 48.7 Å². The van der Waals surface area contributed by atoms with E-state index in [4.69, 9.17) is 4.98 Å². The van der Waals surface area contributed by atoms with E-state index in [1.807, 2.05) is 36.5 Å². The van der Waals surface area contributed by atoms with Crippen molar-refractivity contribution in [2.24, 2.45) is 7.05 Å². The molecule has 0 fully saturated rings. The van der Waals surface area contributed by atoms with E-state index in [1.54, 1.807) is 0 Å². The van der Waals surface area contributed by atoms with E-state index in [1.165, 1.54) is 0 Å². The number of aryl methyl sites for hydroxylation is 1. The highest BCUT2D eigenvalue weighted by Crippen LogP contribution is 2.20. The van der Waals surface area contributed by atoms with Gasteiger partial charge in [-0.25, -0.2) is 4.98 Å². The summed E-state index contributed by atoms with van der Waals surface area (Å²) in [6.45, 7) is 0.897. The standard InChI is InChI=1S/C16H18N4/c1-19(12-10-13-7-5-6-11-17-13)16-18-14-8-3-4-9-15(14)20(16)2/h3-9,11H,10,12H2,1-2H3. The molecule has 0 aliphatic rings. The molecule has 0 atom stereocenters. The first-order chi connectivity index (χ1) is 9.75. The van der Waals surface area contributed by atoms with Crippen LogP contribution in [-0.2, 0) is 13.5 Å². The number of likely N-dealkylation sites (N-methyl/N-ethyl adjacent to an activating group) is 1. The smallest absolute Gasteiger partial charge is 0.206 e. The van der Waals surface area contributed by atoms with Gasteiger partial charge in [0, 0.05) is 39.0 Å². The van der Waals surface area contributed by atoms with Crippen molar-refractivity contribution in [2.45, 2.75) is 6.42 Å². The number of benzene rings is 1. The first-order valence-electron chi connectivity index (χ1n) is 6.78. The van der Waals surface area contributed by atoms with Gasteiger partial charge in [-0.1, -0.05) is 18.2 Å². The molecule has 2 aromatic heterocycles. The zero-order chi connectivity index (χ0) is 13.9. The molecule has 20 heavy (non-hydrogen) atoms. The fraction of sp³-hybridized carbons (Fsp3) is 0.250. The average Bonchev–Trinajstić information content (AvgIpc) is 2.84. The predicted molar refractivity (Wildman–Crippen MR) is 81.9 cm³/mol. The normalized spacial score (nSPS) is 10.9. The van der Waals surface area contributed by atoms with E-state index in [-0.39, 0.29) is 0 Å². The minimum absolute atomic E-state index is 0.897. The topological polar surface area (TPSA) is 34.0 Å². The molecule has 1 aromatic carbocycles. The Morgan fingerprint density at radius 1 is 1.10 bits per heavy atom. The van der Waals surface area contributed by atoms with Crippen molar-refractivity contribution in [3.8, 4) is 0 Å². The summed E-state index contributed by atoms with van der Waals surface area (Å²) < 4.78 is 2.13. The maximum absolute atomic E-state index is 4.69. The van der Waals surface area contributed by atoms with Gasteiger partial charge in [0.15, 0.2) is 0 Å². The number of hydrogen-bond donors (Lipinski definition) is 0. The SMILES string of the molecule is CN(CCc1ccccn1)c1nc2ccccc2n1C. The second-order valence-corrected chi connectivity index (χ2v) is 4.95. The molecule has 0 aliphatic heterocycles. The summed E-state index contributed by atoms with van der Waals surface area (Å²) in [6, 6.07) is 14.2. The summed E-state index contributed by atoms with van der Waals surface area (Å²) in [5.41, 5.74) is 3.31. The molecule has 0 radical (unpaired) electrons. The lowest BCUT2D eigenvalue weighted by Crippen LogP contribution is -2.23. The van der Waals surface area contributed by atoms with Gasteiger partial charge in [-0.3, -0.25) is 4.98 Å². The van der Waals surface area contributed by atoms with E-state index in [0.717, 1.165) is 35.6 Å². The zero-order valence-electron chi connectivity index (χ0n) is 11.8. The molecule has 0 saturated carbocycles. The molecular formula is C16H18N4. The number of pyridine rings is 1. The first kappa shape index (κ1) is 12.7. The van der Waals surface area contributed by atoms with Crippen molar-refractivity contribution in [2.75, 3.05) is 18.5 Å². The molecule has 0 amide bonds. The molecule has 0 saturated heterocycles. The van der Waals surface area contributed by atoms with Gasteiger partial charge in [-0.05, 0) is 24.3 Å². The Bertz CT molecular complexity index is 703. The highest BCUT2D eigenvalue weighted by atomic mass is 15.3. The number of anilines is 1. The molecule has 0 spiro atoms. The van der Waals surface area contributed by atoms with Crippen LogP contribution in [0.4, 0.5) is 5.95 Å². The van der Waals surface area contributed by atoms with Gasteiger partial charge in [-0.2, -0.15) is 0 Å². The minimum Gasteiger partial charge on any atom is -0.345 e. The van der Waals surface area contributed by atoms with Gasteiger partial charge in [0.2, 0.25) is 5.95 Å². The Balaban J connectivity index is 1.79. The lowest BCUT2D eigenvalue weighted by molar-refractivity contribution is 0.791. The van der Waals surface area contributed by atoms with Gasteiger partial charge in [0.25, 0.3) is 0 Å². The second-order valence-electron chi connectivity index (χ2n) is 4.95. The summed E-state index contributed by atoms with van der Waals surface area (Å²) >= 11 is 0. The maximum Gasteiger partial charge on any atom is 0.206 e. The first-order valence-corrected chi connectivity index (χ1v) is 6.78. The minimum atomic E-state index is 0.897. The zero-order valence-corrected chi connectivity index (χ0v) is 11.8. The lowest BCUT2D eigenvalue weighted by atomic mass is 10.2. The van der Waals surface area contributed by atoms with E-state index in [0.29, 0.717) is 0 Å². The number of fused-ring (bicyclic) bond motifs is 1. The van der Waals surface area contributed by atoms with Gasteiger partial charge < -0.3 is 9.47 Å². The van der Waals surface area contributed by atoms with Crippen molar-refractivity contribution in [1.82, 2.24) is 14.5 Å². The predicted octanol–water partition coefficient (Wildman–Crippen LogP) is 2.65. The van der Waals surface area contributed by atoms with Crippen LogP contribution < -0.4 is 4.90 Å². The molecule has 4 heteroatoms. The van der Waals surface area contributed by atoms with Gasteiger partial charge in [0.05, 0.1) is 11.0 Å².